The summed E-state index contributed by atoms with van der Waals surface area (Å²) < 4.78 is 21.1. The van der Waals surface area contributed by atoms with Crippen molar-refractivity contribution in [2.45, 2.75) is 12.8 Å². The summed E-state index contributed by atoms with van der Waals surface area (Å²) in [5.41, 5.74) is 11.3. The first kappa shape index (κ1) is 21.6. The van der Waals surface area contributed by atoms with Crippen molar-refractivity contribution in [3.8, 4) is 34.8 Å². The SMILES string of the molecule is COc1ccc2c(C)c(-c3nn(C)c4c3C(c3ccc(-n5ccnc5)cc3)C(C#N)=C(N)O4)oc2c1. The number of hydrogen-bond donors (Lipinski definition) is 1. The smallest absolute Gasteiger partial charge is 0.224 e. The second kappa shape index (κ2) is 8.06. The van der Waals surface area contributed by atoms with E-state index in [1.807, 2.05) is 60.2 Å². The monoisotopic (exact) mass is 478 g/mol. The number of nitriles is 1. The lowest BCUT2D eigenvalue weighted by molar-refractivity contribution is 0.358. The number of allylic oxidation sites excluding steroid dienone is 1. The third-order valence-electron chi connectivity index (χ3n) is 6.59. The standard InChI is InChI=1S/C27H22N6O3/c1-15-19-9-8-18(34-3)12-21(19)35-25(15)24-23-22(20(13-28)26(29)36-27(23)32(2)31-24)16-4-6-17(7-5-16)33-11-10-30-14-33/h4-12,14,22H,29H2,1-3H3. The molecule has 36 heavy (non-hydrogen) atoms. The van der Waals surface area contributed by atoms with Gasteiger partial charge in [0, 0.05) is 42.1 Å². The summed E-state index contributed by atoms with van der Waals surface area (Å²) in [4.78, 5) is 4.11. The normalized spacial score (nSPS) is 15.0. The molecule has 5 aromatic rings. The second-order valence-electron chi connectivity index (χ2n) is 8.60. The van der Waals surface area contributed by atoms with Crippen LogP contribution in [-0.2, 0) is 7.05 Å². The average Bonchev–Trinajstić information content (AvgIpc) is 3.62. The number of benzene rings is 2. The third-order valence-corrected chi connectivity index (χ3v) is 6.59. The highest BCUT2D eigenvalue weighted by atomic mass is 16.5. The van der Waals surface area contributed by atoms with Crippen molar-refractivity contribution in [2.75, 3.05) is 7.11 Å². The molecule has 0 saturated carbocycles. The molecule has 0 radical (unpaired) electrons. The molecule has 0 saturated heterocycles. The first-order chi connectivity index (χ1) is 17.5. The zero-order chi connectivity index (χ0) is 25.0. The van der Waals surface area contributed by atoms with Gasteiger partial charge in [-0.1, -0.05) is 12.1 Å². The van der Waals surface area contributed by atoms with Crippen molar-refractivity contribution in [3.05, 3.63) is 89.3 Å². The minimum Gasteiger partial charge on any atom is -0.497 e. The molecule has 4 heterocycles. The molecule has 178 valence electrons. The van der Waals surface area contributed by atoms with Crippen molar-refractivity contribution in [1.82, 2.24) is 19.3 Å². The number of aromatic nitrogens is 4. The van der Waals surface area contributed by atoms with Crippen LogP contribution < -0.4 is 15.2 Å². The van der Waals surface area contributed by atoms with E-state index in [9.17, 15) is 5.26 Å². The number of fused-ring (bicyclic) bond motifs is 2. The van der Waals surface area contributed by atoms with Gasteiger partial charge in [-0.15, -0.1) is 0 Å². The Kier molecular flexibility index (Phi) is 4.83. The molecule has 9 nitrogen and oxygen atoms in total. The average molecular weight is 479 g/mol. The number of methoxy groups -OCH3 is 1. The Morgan fingerprint density at radius 1 is 1.17 bits per heavy atom. The number of rotatable bonds is 4. The lowest BCUT2D eigenvalue weighted by atomic mass is 9.83. The van der Waals surface area contributed by atoms with E-state index < -0.39 is 5.92 Å². The summed E-state index contributed by atoms with van der Waals surface area (Å²) in [5.74, 6) is 1.36. The molecule has 0 aliphatic carbocycles. The molecule has 1 aliphatic rings. The van der Waals surface area contributed by atoms with Gasteiger partial charge in [-0.05, 0) is 36.8 Å². The maximum Gasteiger partial charge on any atom is 0.224 e. The fourth-order valence-corrected chi connectivity index (χ4v) is 4.78. The van der Waals surface area contributed by atoms with Crippen LogP contribution in [0.4, 0.5) is 0 Å². The van der Waals surface area contributed by atoms with Crippen molar-refractivity contribution in [2.24, 2.45) is 12.8 Å². The van der Waals surface area contributed by atoms with Gasteiger partial charge in [0.15, 0.2) is 5.76 Å². The maximum absolute atomic E-state index is 10.1. The van der Waals surface area contributed by atoms with Crippen LogP contribution in [0.2, 0.25) is 0 Å². The van der Waals surface area contributed by atoms with E-state index >= 15 is 0 Å². The highest BCUT2D eigenvalue weighted by molar-refractivity contribution is 5.89. The maximum atomic E-state index is 10.1. The first-order valence-electron chi connectivity index (χ1n) is 11.3. The van der Waals surface area contributed by atoms with Crippen molar-refractivity contribution >= 4 is 11.0 Å². The summed E-state index contributed by atoms with van der Waals surface area (Å²) in [6, 6.07) is 15.9. The Bertz CT molecular complexity index is 1680. The quantitative estimate of drug-likeness (QED) is 0.403. The fraction of sp³-hybridized carbons (Fsp3) is 0.148. The Balaban J connectivity index is 1.55. The molecule has 0 amide bonds. The van der Waals surface area contributed by atoms with Gasteiger partial charge in [-0.2, -0.15) is 10.4 Å². The van der Waals surface area contributed by atoms with Crippen LogP contribution >= 0.6 is 0 Å². The zero-order valence-electron chi connectivity index (χ0n) is 19.9. The van der Waals surface area contributed by atoms with E-state index in [-0.39, 0.29) is 5.88 Å². The highest BCUT2D eigenvalue weighted by Gasteiger charge is 2.38. The van der Waals surface area contributed by atoms with E-state index in [1.54, 1.807) is 31.4 Å². The molecule has 1 atom stereocenters. The summed E-state index contributed by atoms with van der Waals surface area (Å²) in [6.45, 7) is 1.99. The van der Waals surface area contributed by atoms with E-state index in [2.05, 4.69) is 11.1 Å². The minimum atomic E-state index is -0.485. The van der Waals surface area contributed by atoms with Gasteiger partial charge < -0.3 is 24.2 Å². The van der Waals surface area contributed by atoms with Gasteiger partial charge in [0.05, 0.1) is 24.9 Å². The summed E-state index contributed by atoms with van der Waals surface area (Å²) >= 11 is 0. The number of aryl methyl sites for hydroxylation is 2. The summed E-state index contributed by atoms with van der Waals surface area (Å²) in [7, 11) is 3.40. The number of nitrogens with two attached hydrogens (primary N) is 1. The molecule has 2 aromatic carbocycles. The number of nitrogens with zero attached hydrogens (tertiary/aromatic N) is 5. The molecule has 9 heteroatoms. The van der Waals surface area contributed by atoms with Gasteiger partial charge in [0.25, 0.3) is 0 Å². The van der Waals surface area contributed by atoms with E-state index in [4.69, 9.17) is 24.7 Å². The molecule has 6 rings (SSSR count). The molecular formula is C27H22N6O3. The summed E-state index contributed by atoms with van der Waals surface area (Å²) in [5, 5.41) is 15.8. The third kappa shape index (κ3) is 3.15. The van der Waals surface area contributed by atoms with Crippen molar-refractivity contribution < 1.29 is 13.9 Å². The van der Waals surface area contributed by atoms with E-state index in [0.29, 0.717) is 34.2 Å². The highest BCUT2D eigenvalue weighted by Crippen LogP contribution is 2.48. The predicted molar refractivity (Wildman–Crippen MR) is 133 cm³/mol. The van der Waals surface area contributed by atoms with Crippen LogP contribution in [0.1, 0.15) is 22.6 Å². The largest absolute Gasteiger partial charge is 0.497 e. The van der Waals surface area contributed by atoms with Crippen molar-refractivity contribution in [1.29, 1.82) is 5.26 Å². The molecule has 1 unspecified atom stereocenters. The lowest BCUT2D eigenvalue weighted by Crippen LogP contribution is -2.21. The number of imidazole rings is 1. The van der Waals surface area contributed by atoms with Crippen LogP contribution in [0.25, 0.3) is 28.1 Å². The van der Waals surface area contributed by atoms with Crippen LogP contribution in [0.15, 0.2) is 77.1 Å². The van der Waals surface area contributed by atoms with E-state index in [0.717, 1.165) is 27.8 Å². The van der Waals surface area contributed by atoms with Crippen LogP contribution in [0.3, 0.4) is 0 Å². The lowest BCUT2D eigenvalue weighted by Gasteiger charge is -2.24. The summed E-state index contributed by atoms with van der Waals surface area (Å²) in [6.07, 6.45) is 5.33. The second-order valence-corrected chi connectivity index (χ2v) is 8.60. The van der Waals surface area contributed by atoms with Gasteiger partial charge in [-0.25, -0.2) is 9.67 Å². The van der Waals surface area contributed by atoms with Crippen molar-refractivity contribution in [3.63, 3.8) is 0 Å². The van der Waals surface area contributed by atoms with Gasteiger partial charge in [0.2, 0.25) is 11.8 Å². The van der Waals surface area contributed by atoms with Crippen LogP contribution in [0.5, 0.6) is 11.6 Å². The van der Waals surface area contributed by atoms with E-state index in [1.165, 1.54) is 0 Å². The number of ether oxygens (including phenoxy) is 2. The van der Waals surface area contributed by atoms with Crippen LogP contribution in [0, 0.1) is 18.3 Å². The topological polar surface area (TPSA) is 117 Å². The first-order valence-corrected chi connectivity index (χ1v) is 11.3. The number of hydrogen-bond acceptors (Lipinski definition) is 7. The zero-order valence-corrected chi connectivity index (χ0v) is 19.9. The Hall–Kier alpha value is -4.97. The Morgan fingerprint density at radius 3 is 2.67 bits per heavy atom. The minimum absolute atomic E-state index is 0.0642. The van der Waals surface area contributed by atoms with Gasteiger partial charge in [-0.3, -0.25) is 0 Å². The molecule has 3 aromatic heterocycles. The van der Waals surface area contributed by atoms with Crippen LogP contribution in [-0.4, -0.2) is 26.4 Å². The fourth-order valence-electron chi connectivity index (χ4n) is 4.78. The number of furan rings is 1. The molecule has 0 fully saturated rings. The Labute approximate surface area is 206 Å². The molecular weight excluding hydrogens is 456 g/mol. The molecule has 2 N–H and O–H groups in total. The molecule has 0 bridgehead atoms. The predicted octanol–water partition coefficient (Wildman–Crippen LogP) is 4.55. The van der Waals surface area contributed by atoms with Gasteiger partial charge in [0.1, 0.15) is 28.7 Å². The molecule has 1 aliphatic heterocycles. The van der Waals surface area contributed by atoms with Gasteiger partial charge >= 0.3 is 0 Å². The molecule has 0 spiro atoms. The Morgan fingerprint density at radius 2 is 1.97 bits per heavy atom.